The van der Waals surface area contributed by atoms with Gasteiger partial charge in [0.25, 0.3) is 0 Å². The van der Waals surface area contributed by atoms with E-state index in [1.54, 1.807) is 6.08 Å². The Kier molecular flexibility index (Phi) is 2.96. The number of aliphatic hydroxyl groups excluding tert-OH is 1. The van der Waals surface area contributed by atoms with Crippen molar-refractivity contribution in [2.24, 2.45) is 34.5 Å². The summed E-state index contributed by atoms with van der Waals surface area (Å²) in [5, 5.41) is 11.2. The molecule has 3 nitrogen and oxygen atoms in total. The van der Waals surface area contributed by atoms with Crippen LogP contribution in [0.2, 0.25) is 0 Å². The monoisotopic (exact) mass is 326 g/mol. The fourth-order valence-corrected chi connectivity index (χ4v) is 6.63. The Morgan fingerprint density at radius 3 is 2.75 bits per heavy atom. The third-order valence-electron chi connectivity index (χ3n) is 7.84. The number of ketones is 1. The molecule has 3 fully saturated rings. The standard InChI is InChI=1S/C21H26O3/c1-20-8-7-13(22)9-12(20)3-4-14-15-5-6-16(18-11-24-18)21(15,2)10-17(23)19(14)20/h5-9,14-19,23H,3-4,10-11H2,1-2H3/t14-,15-,16+,17+,18-,19+,20-,21-/m0/s1. The maximum atomic E-state index is 11.8. The normalized spacial score (nSPS) is 54.8. The van der Waals surface area contributed by atoms with Gasteiger partial charge in [-0.05, 0) is 48.7 Å². The van der Waals surface area contributed by atoms with Crippen LogP contribution in [0.25, 0.3) is 0 Å². The van der Waals surface area contributed by atoms with Gasteiger partial charge in [-0.1, -0.05) is 37.6 Å². The van der Waals surface area contributed by atoms with Gasteiger partial charge in [0.05, 0.1) is 18.8 Å². The van der Waals surface area contributed by atoms with Gasteiger partial charge in [0, 0.05) is 17.3 Å². The van der Waals surface area contributed by atoms with Crippen molar-refractivity contribution in [2.45, 2.75) is 45.3 Å². The Bertz CT molecular complexity index is 685. The second-order valence-electron chi connectivity index (χ2n) is 9.00. The molecule has 3 heteroatoms. The van der Waals surface area contributed by atoms with E-state index in [2.05, 4.69) is 32.1 Å². The van der Waals surface area contributed by atoms with Crippen LogP contribution in [0.1, 0.15) is 33.1 Å². The zero-order valence-electron chi connectivity index (χ0n) is 14.4. The minimum absolute atomic E-state index is 0.0998. The minimum Gasteiger partial charge on any atom is -0.393 e. The summed E-state index contributed by atoms with van der Waals surface area (Å²) in [4.78, 5) is 11.8. The van der Waals surface area contributed by atoms with Crippen molar-refractivity contribution in [2.75, 3.05) is 6.61 Å². The van der Waals surface area contributed by atoms with Gasteiger partial charge < -0.3 is 9.84 Å². The number of ether oxygens (including phenoxy) is 1. The lowest BCUT2D eigenvalue weighted by Crippen LogP contribution is -2.56. The summed E-state index contributed by atoms with van der Waals surface area (Å²) in [7, 11) is 0. The van der Waals surface area contributed by atoms with Crippen molar-refractivity contribution in [3.63, 3.8) is 0 Å². The molecule has 0 radical (unpaired) electrons. The Morgan fingerprint density at radius 2 is 2.00 bits per heavy atom. The van der Waals surface area contributed by atoms with Crippen molar-refractivity contribution < 1.29 is 14.6 Å². The zero-order chi connectivity index (χ0) is 16.7. The Morgan fingerprint density at radius 1 is 1.25 bits per heavy atom. The smallest absolute Gasteiger partial charge is 0.178 e. The topological polar surface area (TPSA) is 49.8 Å². The summed E-state index contributed by atoms with van der Waals surface area (Å²) >= 11 is 0. The number of fused-ring (bicyclic) bond motifs is 5. The second kappa shape index (κ2) is 4.70. The van der Waals surface area contributed by atoms with Crippen LogP contribution in [0.5, 0.6) is 0 Å². The van der Waals surface area contributed by atoms with Crippen LogP contribution in [-0.2, 0) is 9.53 Å². The highest BCUT2D eigenvalue weighted by Gasteiger charge is 2.62. The van der Waals surface area contributed by atoms with Crippen LogP contribution in [0.3, 0.4) is 0 Å². The quantitative estimate of drug-likeness (QED) is 0.595. The van der Waals surface area contributed by atoms with E-state index in [0.717, 1.165) is 25.9 Å². The van der Waals surface area contributed by atoms with Gasteiger partial charge in [0.15, 0.2) is 5.78 Å². The van der Waals surface area contributed by atoms with Crippen molar-refractivity contribution in [3.8, 4) is 0 Å². The molecule has 1 heterocycles. The SMILES string of the molecule is C[C@]12C[C@@H](O)[C@H]3[C@@H](CCC4=CC(=O)C=C[C@@]43C)[C@@H]1C=C[C@@H]2[C@@H]1CO1. The maximum absolute atomic E-state index is 11.8. The van der Waals surface area contributed by atoms with E-state index in [0.29, 0.717) is 23.9 Å². The Labute approximate surface area is 143 Å². The van der Waals surface area contributed by atoms with Gasteiger partial charge in [-0.3, -0.25) is 4.79 Å². The van der Waals surface area contributed by atoms with E-state index < -0.39 is 0 Å². The fourth-order valence-electron chi connectivity index (χ4n) is 6.63. The molecule has 24 heavy (non-hydrogen) atoms. The van der Waals surface area contributed by atoms with Crippen molar-refractivity contribution in [3.05, 3.63) is 36.0 Å². The molecule has 5 rings (SSSR count). The molecule has 0 aromatic rings. The van der Waals surface area contributed by atoms with Gasteiger partial charge >= 0.3 is 0 Å². The van der Waals surface area contributed by atoms with Crippen molar-refractivity contribution >= 4 is 5.78 Å². The highest BCUT2D eigenvalue weighted by atomic mass is 16.6. The fraction of sp³-hybridized carbons (Fsp3) is 0.667. The number of carbonyl (C=O) groups excluding carboxylic acids is 1. The molecular weight excluding hydrogens is 300 g/mol. The van der Waals surface area contributed by atoms with Crippen molar-refractivity contribution in [1.82, 2.24) is 0 Å². The molecule has 0 unspecified atom stereocenters. The first-order chi connectivity index (χ1) is 11.4. The lowest BCUT2D eigenvalue weighted by atomic mass is 9.46. The molecule has 0 aromatic carbocycles. The molecule has 0 bridgehead atoms. The molecule has 4 aliphatic carbocycles. The summed E-state index contributed by atoms with van der Waals surface area (Å²) in [6, 6.07) is 0. The molecule has 1 aliphatic heterocycles. The van der Waals surface area contributed by atoms with Crippen LogP contribution >= 0.6 is 0 Å². The van der Waals surface area contributed by atoms with E-state index in [4.69, 9.17) is 4.74 Å². The Hall–Kier alpha value is -1.19. The van der Waals surface area contributed by atoms with E-state index in [-0.39, 0.29) is 28.6 Å². The van der Waals surface area contributed by atoms with Crippen LogP contribution in [0.15, 0.2) is 36.0 Å². The second-order valence-corrected chi connectivity index (χ2v) is 9.00. The molecule has 0 aromatic heterocycles. The van der Waals surface area contributed by atoms with E-state index in [1.165, 1.54) is 5.57 Å². The van der Waals surface area contributed by atoms with Gasteiger partial charge in [0.2, 0.25) is 0 Å². The third-order valence-corrected chi connectivity index (χ3v) is 7.84. The maximum Gasteiger partial charge on any atom is 0.178 e. The zero-order valence-corrected chi connectivity index (χ0v) is 14.4. The third kappa shape index (κ3) is 1.83. The number of allylic oxidation sites excluding steroid dienone is 5. The molecule has 1 saturated heterocycles. The van der Waals surface area contributed by atoms with Crippen LogP contribution in [-0.4, -0.2) is 29.7 Å². The lowest BCUT2D eigenvalue weighted by Gasteiger charge is -2.58. The molecule has 5 aliphatic rings. The summed E-state index contributed by atoms with van der Waals surface area (Å²) < 4.78 is 5.60. The van der Waals surface area contributed by atoms with E-state index >= 15 is 0 Å². The molecule has 128 valence electrons. The molecule has 8 atom stereocenters. The average molecular weight is 326 g/mol. The van der Waals surface area contributed by atoms with Crippen LogP contribution in [0.4, 0.5) is 0 Å². The summed E-state index contributed by atoms with van der Waals surface area (Å²) in [5.41, 5.74) is 1.18. The number of rotatable bonds is 1. The molecular formula is C21H26O3. The van der Waals surface area contributed by atoms with E-state index in [1.807, 2.05) is 6.08 Å². The average Bonchev–Trinajstić information content (AvgIpc) is 3.30. The lowest BCUT2D eigenvalue weighted by molar-refractivity contribution is -0.115. The highest BCUT2D eigenvalue weighted by Crippen LogP contribution is 2.65. The van der Waals surface area contributed by atoms with Gasteiger partial charge in [-0.25, -0.2) is 0 Å². The number of aliphatic hydroxyl groups is 1. The molecule has 1 N–H and O–H groups in total. The number of hydrogen-bond donors (Lipinski definition) is 1. The van der Waals surface area contributed by atoms with Gasteiger partial charge in [0.1, 0.15) is 0 Å². The van der Waals surface area contributed by atoms with Gasteiger partial charge in [-0.15, -0.1) is 0 Å². The number of epoxide rings is 1. The number of carbonyl (C=O) groups is 1. The highest BCUT2D eigenvalue weighted by molar-refractivity contribution is 6.01. The van der Waals surface area contributed by atoms with Crippen molar-refractivity contribution in [1.29, 1.82) is 0 Å². The van der Waals surface area contributed by atoms with Gasteiger partial charge in [-0.2, -0.15) is 0 Å². The molecule has 0 amide bonds. The van der Waals surface area contributed by atoms with Crippen LogP contribution < -0.4 is 0 Å². The summed E-state index contributed by atoms with van der Waals surface area (Å²) in [6.45, 7) is 5.46. The predicted molar refractivity (Wildman–Crippen MR) is 91.1 cm³/mol. The first kappa shape index (κ1) is 15.1. The minimum atomic E-state index is -0.316. The summed E-state index contributed by atoms with van der Waals surface area (Å²) in [6.07, 6.45) is 13.3. The Balaban J connectivity index is 1.54. The number of hydrogen-bond acceptors (Lipinski definition) is 3. The van der Waals surface area contributed by atoms with Crippen LogP contribution in [0, 0.1) is 34.5 Å². The first-order valence-electron chi connectivity index (χ1n) is 9.36. The molecule has 0 spiro atoms. The molecule has 2 saturated carbocycles. The first-order valence-corrected chi connectivity index (χ1v) is 9.36. The predicted octanol–water partition coefficient (Wildman–Crippen LogP) is 3.06. The summed E-state index contributed by atoms with van der Waals surface area (Å²) in [5.74, 6) is 1.76. The largest absolute Gasteiger partial charge is 0.393 e. The van der Waals surface area contributed by atoms with E-state index in [9.17, 15) is 9.90 Å².